The zero-order valence-corrected chi connectivity index (χ0v) is 7.10. The number of hydrogen-bond acceptors (Lipinski definition) is 4. The molecule has 1 aromatic rings. The van der Waals surface area contributed by atoms with Crippen LogP contribution in [0, 0.1) is 0 Å². The van der Waals surface area contributed by atoms with Crippen molar-refractivity contribution < 1.29 is 23.8 Å². The van der Waals surface area contributed by atoms with Crippen LogP contribution in [0.25, 0.3) is 0 Å². The van der Waals surface area contributed by atoms with Gasteiger partial charge in [0, 0.05) is 32.9 Å². The smallest absolute Gasteiger partial charge is 0.423 e. The van der Waals surface area contributed by atoms with Crippen LogP contribution in [0.15, 0.2) is 18.3 Å². The summed E-state index contributed by atoms with van der Waals surface area (Å²) in [6.45, 7) is -13.7. The molecule has 1 aromatic heterocycles. The molecule has 0 unspecified atom stereocenters. The number of aromatic nitrogens is 1. The predicted octanol–water partition coefficient (Wildman–Crippen LogP) is -0.392. The third-order valence-corrected chi connectivity index (χ3v) is 1.52. The molecule has 14 heavy (non-hydrogen) atoms. The Morgan fingerprint density at radius 2 is 2.29 bits per heavy atom. The molecule has 0 bridgehead atoms. The van der Waals surface area contributed by atoms with E-state index in [0.29, 0.717) is 0 Å². The molecular weight excluding hydrogens is 179 g/mol. The lowest BCUT2D eigenvalue weighted by Gasteiger charge is -2.19. The highest BCUT2D eigenvalue weighted by atomic mass is 16.4. The summed E-state index contributed by atoms with van der Waals surface area (Å²) in [5, 5.41) is 18.3. The summed E-state index contributed by atoms with van der Waals surface area (Å²) in [7, 11) is -2.02. The predicted molar refractivity (Wildman–Crippen MR) is 57.6 cm³/mol. The molecule has 0 aliphatic heterocycles. The van der Waals surface area contributed by atoms with Crippen molar-refractivity contribution in [1.82, 2.24) is 4.98 Å². The number of rotatable bonds is 4. The Morgan fingerprint density at radius 1 is 1.57 bits per heavy atom. The van der Waals surface area contributed by atoms with E-state index in [1.807, 2.05) is 0 Å². The number of anilines is 1. The van der Waals surface area contributed by atoms with Gasteiger partial charge in [-0.2, -0.15) is 0 Å². The fraction of sp³-hybridized carbons (Fsp3) is 0.444. The van der Waals surface area contributed by atoms with E-state index in [4.69, 9.17) is 23.8 Å². The molecule has 76 valence electrons. The molecule has 0 spiro atoms. The van der Waals surface area contributed by atoms with Crippen molar-refractivity contribution in [1.29, 1.82) is 0 Å². The fourth-order valence-electron chi connectivity index (χ4n) is 0.860. The second kappa shape index (κ2) is 4.98. The van der Waals surface area contributed by atoms with Crippen LogP contribution in [-0.4, -0.2) is 35.1 Å². The molecule has 4 nitrogen and oxygen atoms in total. The summed E-state index contributed by atoms with van der Waals surface area (Å²) in [4.78, 5) is 3.49. The van der Waals surface area contributed by atoms with Gasteiger partial charge in [-0.05, 0) is 31.3 Å². The molecule has 0 radical (unpaired) electrons. The maximum absolute atomic E-state index is 9.15. The second-order valence-electron chi connectivity index (χ2n) is 2.38. The van der Waals surface area contributed by atoms with Crippen LogP contribution < -0.4 is 10.4 Å². The Labute approximate surface area is 98.4 Å². The lowest BCUT2D eigenvalue weighted by Crippen LogP contribution is -2.32. The summed E-state index contributed by atoms with van der Waals surface area (Å²) in [5.74, 6) is -0.706. The van der Waals surface area contributed by atoms with E-state index >= 15 is 0 Å². The van der Waals surface area contributed by atoms with Gasteiger partial charge in [0.05, 0.1) is 0 Å². The van der Waals surface area contributed by atoms with Gasteiger partial charge >= 0.3 is 7.12 Å². The SMILES string of the molecule is [2H]C([2H])([2H])C([2H])([2H])N(c1cc(B(O)O)ccn1)C([2H])([2H])C([2H])([2H])[2H]. The molecule has 0 atom stereocenters. The zero-order chi connectivity index (χ0) is 19.1. The van der Waals surface area contributed by atoms with Gasteiger partial charge < -0.3 is 14.9 Å². The molecule has 0 saturated heterocycles. The molecule has 2 N–H and O–H groups in total. The quantitative estimate of drug-likeness (QED) is 0.655. The van der Waals surface area contributed by atoms with Gasteiger partial charge in [-0.25, -0.2) is 4.98 Å². The van der Waals surface area contributed by atoms with E-state index in [-0.39, 0.29) is 10.4 Å². The van der Waals surface area contributed by atoms with Gasteiger partial charge in [-0.1, -0.05) is 0 Å². The van der Waals surface area contributed by atoms with Crippen LogP contribution in [0.5, 0.6) is 0 Å². The monoisotopic (exact) mass is 204 g/mol. The summed E-state index contributed by atoms with van der Waals surface area (Å²) >= 11 is 0. The number of nitrogens with zero attached hydrogens (tertiary/aromatic N) is 2. The third kappa shape index (κ3) is 2.46. The first-order valence-corrected chi connectivity index (χ1v) is 3.66. The van der Waals surface area contributed by atoms with Gasteiger partial charge in [0.2, 0.25) is 0 Å². The van der Waals surface area contributed by atoms with Crippen LogP contribution in [0.3, 0.4) is 0 Å². The standard InChI is InChI=1S/C9H15BN2O2/c1-3-12(4-2)9-7-8(10(13)14)5-6-11-9/h5-7,13-14H,3-4H2,1-2H3/i1D3,2D3,3D2,4D2. The van der Waals surface area contributed by atoms with E-state index in [2.05, 4.69) is 4.98 Å². The van der Waals surface area contributed by atoms with Crippen molar-refractivity contribution in [3.05, 3.63) is 18.3 Å². The van der Waals surface area contributed by atoms with Crippen molar-refractivity contribution in [2.24, 2.45) is 0 Å². The van der Waals surface area contributed by atoms with Crippen LogP contribution >= 0.6 is 0 Å². The third-order valence-electron chi connectivity index (χ3n) is 1.52. The van der Waals surface area contributed by atoms with Crippen LogP contribution in [-0.2, 0) is 0 Å². The van der Waals surface area contributed by atoms with Crippen molar-refractivity contribution in [3.8, 4) is 0 Å². The first kappa shape index (κ1) is 3.50. The Balaban J connectivity index is 3.66. The minimum atomic E-state index is -3.45. The fourth-order valence-corrected chi connectivity index (χ4v) is 0.860. The summed E-state index contributed by atoms with van der Waals surface area (Å²) in [6, 6.07) is 1.92. The largest absolute Gasteiger partial charge is 0.488 e. The van der Waals surface area contributed by atoms with Crippen molar-refractivity contribution in [2.45, 2.75) is 13.7 Å². The Bertz CT molecular complexity index is 562. The van der Waals surface area contributed by atoms with Crippen molar-refractivity contribution in [3.63, 3.8) is 0 Å². The Kier molecular flexibility index (Phi) is 1.24. The maximum Gasteiger partial charge on any atom is 0.488 e. The minimum Gasteiger partial charge on any atom is -0.423 e. The normalized spacial score (nSPS) is 24.4. The molecule has 0 aromatic carbocycles. The first-order valence-electron chi connectivity index (χ1n) is 8.66. The summed E-state index contributed by atoms with van der Waals surface area (Å²) in [5.41, 5.74) is -0.243. The Hall–Kier alpha value is -1.07. The summed E-state index contributed by atoms with van der Waals surface area (Å²) in [6.07, 6.45) is 0.947. The number of hydrogen-bond donors (Lipinski definition) is 2. The van der Waals surface area contributed by atoms with Crippen molar-refractivity contribution in [2.75, 3.05) is 17.9 Å². The van der Waals surface area contributed by atoms with Gasteiger partial charge in [-0.3, -0.25) is 0 Å². The van der Waals surface area contributed by atoms with Gasteiger partial charge in [0.1, 0.15) is 5.82 Å². The Morgan fingerprint density at radius 3 is 2.86 bits per heavy atom. The first-order chi connectivity index (χ1) is 10.5. The molecule has 0 amide bonds. The van der Waals surface area contributed by atoms with Gasteiger partial charge in [0.15, 0.2) is 0 Å². The zero-order valence-electron chi connectivity index (χ0n) is 17.1. The van der Waals surface area contributed by atoms with Crippen molar-refractivity contribution >= 4 is 18.4 Å². The molecule has 0 aliphatic carbocycles. The van der Waals surface area contributed by atoms with E-state index in [1.54, 1.807) is 0 Å². The van der Waals surface area contributed by atoms with E-state index in [0.717, 1.165) is 18.3 Å². The van der Waals surface area contributed by atoms with E-state index in [9.17, 15) is 0 Å². The second-order valence-corrected chi connectivity index (χ2v) is 2.38. The highest BCUT2D eigenvalue weighted by molar-refractivity contribution is 6.58. The molecule has 0 aliphatic rings. The highest BCUT2D eigenvalue weighted by Crippen LogP contribution is 2.06. The maximum atomic E-state index is 9.15. The van der Waals surface area contributed by atoms with Gasteiger partial charge in [0.25, 0.3) is 0 Å². The molecule has 1 heterocycles. The van der Waals surface area contributed by atoms with Gasteiger partial charge in [-0.15, -0.1) is 0 Å². The highest BCUT2D eigenvalue weighted by Gasteiger charge is 2.12. The number of pyridine rings is 1. The molecule has 0 fully saturated rings. The van der Waals surface area contributed by atoms with E-state index < -0.39 is 39.6 Å². The molecule has 5 heteroatoms. The van der Waals surface area contributed by atoms with Crippen LogP contribution in [0.4, 0.5) is 5.82 Å². The topological polar surface area (TPSA) is 56.6 Å². The minimum absolute atomic E-state index is 0.119. The molecular formula is C9H15BN2O2. The van der Waals surface area contributed by atoms with E-state index in [1.165, 1.54) is 0 Å². The lowest BCUT2D eigenvalue weighted by atomic mass is 9.81. The average Bonchev–Trinajstić information content (AvgIpc) is 2.35. The van der Waals surface area contributed by atoms with Crippen LogP contribution in [0.1, 0.15) is 27.4 Å². The molecule has 1 rings (SSSR count). The average molecular weight is 204 g/mol. The molecule has 0 saturated carbocycles. The summed E-state index contributed by atoms with van der Waals surface area (Å²) < 4.78 is 74.7. The lowest BCUT2D eigenvalue weighted by molar-refractivity contribution is 0.425. The van der Waals surface area contributed by atoms with Crippen LogP contribution in [0.2, 0.25) is 0 Å².